The van der Waals surface area contributed by atoms with Crippen LogP contribution in [0.25, 0.3) is 10.9 Å². The van der Waals surface area contributed by atoms with E-state index in [1.54, 1.807) is 31.3 Å². The number of imide groups is 1. The quantitative estimate of drug-likeness (QED) is 0.494. The summed E-state index contributed by atoms with van der Waals surface area (Å²) in [5.41, 5.74) is 0.734. The minimum absolute atomic E-state index is 0.297. The Balaban J connectivity index is 1.62. The number of Topliss-reactive ketones (excluding diaryl/α,β-unsaturated/α-hetero) is 1. The maximum Gasteiger partial charge on any atom is 0.325 e. The minimum Gasteiger partial charge on any atom is -0.360 e. The van der Waals surface area contributed by atoms with Crippen molar-refractivity contribution in [1.29, 1.82) is 0 Å². The van der Waals surface area contributed by atoms with Gasteiger partial charge in [-0.25, -0.2) is 4.79 Å². The van der Waals surface area contributed by atoms with Crippen LogP contribution in [0.3, 0.4) is 0 Å². The van der Waals surface area contributed by atoms with Crippen LogP contribution in [0.2, 0.25) is 0 Å². The van der Waals surface area contributed by atoms with Gasteiger partial charge in [0.05, 0.1) is 6.54 Å². The fourth-order valence-corrected chi connectivity index (χ4v) is 3.77. The van der Waals surface area contributed by atoms with Crippen LogP contribution in [0.5, 0.6) is 0 Å². The zero-order chi connectivity index (χ0) is 19.2. The molecule has 2 aromatic carbocycles. The molecule has 1 aliphatic rings. The highest BCUT2D eigenvalue weighted by atomic mass is 79.9. The summed E-state index contributed by atoms with van der Waals surface area (Å²) < 4.78 is 0.802. The molecule has 0 radical (unpaired) electrons. The molecule has 0 saturated carbocycles. The normalized spacial score (nSPS) is 19.6. The molecule has 0 aliphatic carbocycles. The van der Waals surface area contributed by atoms with Gasteiger partial charge in [-0.3, -0.25) is 14.5 Å². The Morgan fingerprint density at radius 3 is 2.70 bits per heavy atom. The maximum absolute atomic E-state index is 13.0. The summed E-state index contributed by atoms with van der Waals surface area (Å²) in [6.07, 6.45) is 1.61. The first-order chi connectivity index (χ1) is 12.9. The number of aromatic amines is 1. The van der Waals surface area contributed by atoms with E-state index < -0.39 is 17.5 Å². The predicted octanol–water partition coefficient (Wildman–Crippen LogP) is 3.58. The molecule has 1 saturated heterocycles. The van der Waals surface area contributed by atoms with Gasteiger partial charge in [-0.05, 0) is 30.7 Å². The van der Waals surface area contributed by atoms with Crippen LogP contribution >= 0.6 is 15.9 Å². The topological polar surface area (TPSA) is 82.3 Å². The summed E-state index contributed by atoms with van der Waals surface area (Å²) in [6, 6.07) is 14.0. The lowest BCUT2D eigenvalue weighted by Crippen LogP contribution is -2.41. The second-order valence-electron chi connectivity index (χ2n) is 6.63. The number of hydrogen-bond acceptors (Lipinski definition) is 3. The van der Waals surface area contributed by atoms with E-state index >= 15 is 0 Å². The number of halogens is 1. The van der Waals surface area contributed by atoms with E-state index in [1.165, 1.54) is 0 Å². The predicted molar refractivity (Wildman–Crippen MR) is 104 cm³/mol. The number of benzene rings is 2. The Kier molecular flexibility index (Phi) is 4.11. The van der Waals surface area contributed by atoms with Gasteiger partial charge in [0.2, 0.25) is 0 Å². The molecule has 4 rings (SSSR count). The Morgan fingerprint density at radius 2 is 1.93 bits per heavy atom. The maximum atomic E-state index is 13.0. The molecule has 6 nitrogen and oxygen atoms in total. The Bertz CT molecular complexity index is 1090. The fraction of sp³-hybridized carbons (Fsp3) is 0.150. The number of rotatable bonds is 4. The average molecular weight is 426 g/mol. The minimum atomic E-state index is -1.21. The molecule has 1 unspecified atom stereocenters. The SMILES string of the molecule is CC1(c2cccc(Br)c2)NC(=O)N(CC(=O)c2c[nH]c3ccccc23)C1=O. The highest BCUT2D eigenvalue weighted by molar-refractivity contribution is 9.10. The molecule has 0 bridgehead atoms. The lowest BCUT2D eigenvalue weighted by Gasteiger charge is -2.22. The van der Waals surface area contributed by atoms with Gasteiger partial charge >= 0.3 is 6.03 Å². The first-order valence-corrected chi connectivity index (χ1v) is 9.19. The zero-order valence-electron chi connectivity index (χ0n) is 14.5. The third-order valence-electron chi connectivity index (χ3n) is 4.87. The highest BCUT2D eigenvalue weighted by Gasteiger charge is 2.49. The van der Waals surface area contributed by atoms with Gasteiger partial charge in [0.15, 0.2) is 5.78 Å². The van der Waals surface area contributed by atoms with Crippen LogP contribution in [0.15, 0.2) is 59.2 Å². The number of nitrogens with one attached hydrogen (secondary N) is 2. The van der Waals surface area contributed by atoms with Crippen LogP contribution in [-0.4, -0.2) is 34.2 Å². The molecule has 7 heteroatoms. The van der Waals surface area contributed by atoms with Crippen molar-refractivity contribution in [3.8, 4) is 0 Å². The smallest absolute Gasteiger partial charge is 0.325 e. The summed E-state index contributed by atoms with van der Waals surface area (Å²) in [4.78, 5) is 42.2. The molecule has 2 heterocycles. The number of urea groups is 1. The van der Waals surface area contributed by atoms with Crippen LogP contribution in [-0.2, 0) is 10.3 Å². The van der Waals surface area contributed by atoms with Gasteiger partial charge in [0, 0.05) is 27.1 Å². The Hall–Kier alpha value is -2.93. The van der Waals surface area contributed by atoms with Crippen molar-refractivity contribution in [2.24, 2.45) is 0 Å². The average Bonchev–Trinajstić information content (AvgIpc) is 3.17. The first-order valence-electron chi connectivity index (χ1n) is 8.39. The molecule has 27 heavy (non-hydrogen) atoms. The molecule has 3 amide bonds. The summed E-state index contributed by atoms with van der Waals surface area (Å²) in [5, 5.41) is 3.49. The van der Waals surface area contributed by atoms with Crippen molar-refractivity contribution in [3.05, 3.63) is 70.3 Å². The highest BCUT2D eigenvalue weighted by Crippen LogP contribution is 2.30. The lowest BCUT2D eigenvalue weighted by molar-refractivity contribution is -0.130. The van der Waals surface area contributed by atoms with E-state index in [0.29, 0.717) is 11.1 Å². The number of amides is 3. The third kappa shape index (κ3) is 2.84. The van der Waals surface area contributed by atoms with Gasteiger partial charge in [0.1, 0.15) is 5.54 Å². The molecular formula is C20H16BrN3O3. The van der Waals surface area contributed by atoms with Gasteiger partial charge in [-0.15, -0.1) is 0 Å². The molecule has 136 valence electrons. The van der Waals surface area contributed by atoms with E-state index in [0.717, 1.165) is 20.3 Å². The van der Waals surface area contributed by atoms with Crippen molar-refractivity contribution >= 4 is 44.6 Å². The largest absolute Gasteiger partial charge is 0.360 e. The van der Waals surface area contributed by atoms with Crippen LogP contribution in [0.1, 0.15) is 22.8 Å². The standard InChI is InChI=1S/C20H16BrN3O3/c1-20(12-5-4-6-13(21)9-12)18(26)24(19(27)23-20)11-17(25)15-10-22-16-8-3-2-7-14(15)16/h2-10,22H,11H2,1H3,(H,23,27). The van der Waals surface area contributed by atoms with Crippen molar-refractivity contribution in [3.63, 3.8) is 0 Å². The van der Waals surface area contributed by atoms with Crippen molar-refractivity contribution < 1.29 is 14.4 Å². The molecule has 1 aromatic heterocycles. The molecule has 1 aliphatic heterocycles. The summed E-state index contributed by atoms with van der Waals surface area (Å²) in [6.45, 7) is 1.33. The molecular weight excluding hydrogens is 410 g/mol. The number of para-hydroxylation sites is 1. The number of carbonyl (C=O) groups is 3. The van der Waals surface area contributed by atoms with Gasteiger partial charge in [0.25, 0.3) is 5.91 Å². The van der Waals surface area contributed by atoms with Crippen LogP contribution in [0.4, 0.5) is 4.79 Å². The number of H-pyrrole nitrogens is 1. The second-order valence-corrected chi connectivity index (χ2v) is 7.54. The number of nitrogens with zero attached hydrogens (tertiary/aromatic N) is 1. The van der Waals surface area contributed by atoms with E-state index in [2.05, 4.69) is 26.2 Å². The number of ketones is 1. The fourth-order valence-electron chi connectivity index (χ4n) is 3.37. The zero-order valence-corrected chi connectivity index (χ0v) is 16.0. The van der Waals surface area contributed by atoms with Crippen LogP contribution in [0, 0.1) is 0 Å². The second kappa shape index (κ2) is 6.35. The van der Waals surface area contributed by atoms with Gasteiger partial charge in [-0.1, -0.05) is 46.3 Å². The lowest BCUT2D eigenvalue weighted by atomic mass is 9.92. The van der Waals surface area contributed by atoms with Gasteiger partial charge < -0.3 is 10.3 Å². The number of aromatic nitrogens is 1. The first kappa shape index (κ1) is 17.5. The molecule has 0 spiro atoms. The van der Waals surface area contributed by atoms with E-state index in [-0.39, 0.29) is 12.3 Å². The van der Waals surface area contributed by atoms with Gasteiger partial charge in [-0.2, -0.15) is 0 Å². The third-order valence-corrected chi connectivity index (χ3v) is 5.36. The summed E-state index contributed by atoms with van der Waals surface area (Å²) in [7, 11) is 0. The Morgan fingerprint density at radius 1 is 1.15 bits per heavy atom. The Labute approximate surface area is 163 Å². The molecule has 1 atom stereocenters. The number of carbonyl (C=O) groups excluding carboxylic acids is 3. The van der Waals surface area contributed by atoms with E-state index in [4.69, 9.17) is 0 Å². The monoisotopic (exact) mass is 425 g/mol. The van der Waals surface area contributed by atoms with Crippen molar-refractivity contribution in [2.45, 2.75) is 12.5 Å². The van der Waals surface area contributed by atoms with Crippen molar-refractivity contribution in [1.82, 2.24) is 15.2 Å². The van der Waals surface area contributed by atoms with Crippen molar-refractivity contribution in [2.75, 3.05) is 6.54 Å². The molecule has 1 fully saturated rings. The molecule has 2 N–H and O–H groups in total. The van der Waals surface area contributed by atoms with E-state index in [1.807, 2.05) is 30.3 Å². The van der Waals surface area contributed by atoms with E-state index in [9.17, 15) is 14.4 Å². The molecule has 3 aromatic rings. The summed E-state index contributed by atoms with van der Waals surface area (Å²) >= 11 is 3.38. The van der Waals surface area contributed by atoms with Crippen LogP contribution < -0.4 is 5.32 Å². The number of fused-ring (bicyclic) bond motifs is 1. The number of hydrogen-bond donors (Lipinski definition) is 2. The summed E-state index contributed by atoms with van der Waals surface area (Å²) in [5.74, 6) is -0.742.